The zero-order valence-corrected chi connectivity index (χ0v) is 17.7. The van der Waals surface area contributed by atoms with Crippen molar-refractivity contribution in [2.24, 2.45) is 0 Å². The van der Waals surface area contributed by atoms with Crippen LogP contribution in [0.25, 0.3) is 11.3 Å². The second kappa shape index (κ2) is 9.47. The van der Waals surface area contributed by atoms with Crippen LogP contribution in [-0.4, -0.2) is 22.9 Å². The molecule has 5 heteroatoms. The van der Waals surface area contributed by atoms with E-state index in [1.807, 2.05) is 36.4 Å². The maximum absolute atomic E-state index is 5.94. The van der Waals surface area contributed by atoms with Gasteiger partial charge >= 0.3 is 0 Å². The Hall–Kier alpha value is -2.30. The first kappa shape index (κ1) is 20.0. The van der Waals surface area contributed by atoms with Gasteiger partial charge in [-0.25, -0.2) is 0 Å². The van der Waals surface area contributed by atoms with E-state index in [1.165, 1.54) is 17.0 Å². The molecule has 2 aromatic carbocycles. The predicted molar refractivity (Wildman–Crippen MR) is 119 cm³/mol. The zero-order chi connectivity index (χ0) is 20.1. The molecule has 0 bridgehead atoms. The first-order valence-electron chi connectivity index (χ1n) is 10.6. The number of nitrogens with zero attached hydrogens (tertiary/aromatic N) is 2. The van der Waals surface area contributed by atoms with Gasteiger partial charge in [-0.2, -0.15) is 5.10 Å². The van der Waals surface area contributed by atoms with Crippen molar-refractivity contribution in [1.29, 1.82) is 0 Å². The highest BCUT2D eigenvalue weighted by Gasteiger charge is 2.20. The highest BCUT2D eigenvalue weighted by atomic mass is 35.5. The van der Waals surface area contributed by atoms with Crippen LogP contribution in [0.2, 0.25) is 5.02 Å². The van der Waals surface area contributed by atoms with Crippen LogP contribution < -0.4 is 10.1 Å². The Kier molecular flexibility index (Phi) is 6.53. The summed E-state index contributed by atoms with van der Waals surface area (Å²) in [6.45, 7) is 5.34. The molecular weight excluding hydrogens is 382 g/mol. The highest BCUT2D eigenvalue weighted by molar-refractivity contribution is 6.30. The van der Waals surface area contributed by atoms with Crippen molar-refractivity contribution in [2.45, 2.75) is 45.1 Å². The van der Waals surface area contributed by atoms with Gasteiger partial charge in [0, 0.05) is 23.0 Å². The molecule has 1 fully saturated rings. The molecule has 0 unspecified atom stereocenters. The zero-order valence-electron chi connectivity index (χ0n) is 16.9. The number of hydrogen-bond acceptors (Lipinski definition) is 3. The summed E-state index contributed by atoms with van der Waals surface area (Å²) in [6.07, 6.45) is 4.63. The van der Waals surface area contributed by atoms with E-state index in [0.29, 0.717) is 10.9 Å². The third-order valence-corrected chi connectivity index (χ3v) is 5.73. The van der Waals surface area contributed by atoms with Crippen molar-refractivity contribution in [3.63, 3.8) is 0 Å². The van der Waals surface area contributed by atoms with Crippen LogP contribution in [-0.2, 0) is 6.54 Å². The molecule has 1 aliphatic heterocycles. The van der Waals surface area contributed by atoms with Crippen LogP contribution in [0.3, 0.4) is 0 Å². The summed E-state index contributed by atoms with van der Waals surface area (Å²) < 4.78 is 8.12. The fourth-order valence-electron chi connectivity index (χ4n) is 3.80. The molecule has 0 amide bonds. The first-order valence-corrected chi connectivity index (χ1v) is 10.9. The molecule has 0 saturated carbocycles. The summed E-state index contributed by atoms with van der Waals surface area (Å²) in [5, 5.41) is 9.14. The Labute approximate surface area is 177 Å². The Morgan fingerprint density at radius 2 is 1.69 bits per heavy atom. The van der Waals surface area contributed by atoms with Gasteiger partial charge in [-0.15, -0.1) is 0 Å². The summed E-state index contributed by atoms with van der Waals surface area (Å²) in [4.78, 5) is 0. The lowest BCUT2D eigenvalue weighted by molar-refractivity contribution is 0.446. The lowest BCUT2D eigenvalue weighted by atomic mass is 9.94. The lowest BCUT2D eigenvalue weighted by Crippen LogP contribution is -2.26. The van der Waals surface area contributed by atoms with E-state index >= 15 is 0 Å². The number of aryl methyl sites for hydroxylation is 1. The molecule has 1 N–H and O–H groups in total. The highest BCUT2D eigenvalue weighted by Crippen LogP contribution is 2.31. The smallest absolute Gasteiger partial charge is 0.127 e. The minimum Gasteiger partial charge on any atom is -0.457 e. The Morgan fingerprint density at radius 3 is 2.34 bits per heavy atom. The summed E-state index contributed by atoms with van der Waals surface area (Å²) in [5.41, 5.74) is 3.61. The van der Waals surface area contributed by atoms with E-state index in [1.54, 1.807) is 0 Å². The van der Waals surface area contributed by atoms with Gasteiger partial charge < -0.3 is 10.1 Å². The molecule has 0 atom stereocenters. The summed E-state index contributed by atoms with van der Waals surface area (Å²) in [5.74, 6) is 2.16. The average Bonchev–Trinajstić information content (AvgIpc) is 3.19. The molecule has 0 aliphatic carbocycles. The van der Waals surface area contributed by atoms with E-state index in [-0.39, 0.29) is 0 Å². The first-order chi connectivity index (χ1) is 14.2. The van der Waals surface area contributed by atoms with E-state index in [2.05, 4.69) is 35.1 Å². The molecule has 2 heterocycles. The van der Waals surface area contributed by atoms with Crippen molar-refractivity contribution >= 4 is 11.6 Å². The molecule has 152 valence electrons. The van der Waals surface area contributed by atoms with E-state index in [4.69, 9.17) is 21.4 Å². The molecule has 1 aliphatic rings. The third-order valence-electron chi connectivity index (χ3n) is 5.48. The number of hydrogen-bond donors (Lipinski definition) is 1. The minimum atomic E-state index is 0.561. The Bertz CT molecular complexity index is 912. The van der Waals surface area contributed by atoms with Crippen LogP contribution in [0.1, 0.15) is 44.2 Å². The van der Waals surface area contributed by atoms with Gasteiger partial charge in [0.15, 0.2) is 0 Å². The molecular formula is C24H28ClN3O. The van der Waals surface area contributed by atoms with Crippen LogP contribution in [0.4, 0.5) is 0 Å². The maximum atomic E-state index is 5.94. The van der Waals surface area contributed by atoms with Crippen LogP contribution in [0.15, 0.2) is 54.6 Å². The van der Waals surface area contributed by atoms with Crippen molar-refractivity contribution in [3.8, 4) is 22.8 Å². The van der Waals surface area contributed by atoms with E-state index in [9.17, 15) is 0 Å². The molecule has 3 aromatic rings. The molecule has 0 spiro atoms. The second-order valence-corrected chi connectivity index (χ2v) is 8.07. The van der Waals surface area contributed by atoms with Crippen molar-refractivity contribution < 1.29 is 4.74 Å². The van der Waals surface area contributed by atoms with Crippen LogP contribution in [0, 0.1) is 0 Å². The summed E-state index contributed by atoms with van der Waals surface area (Å²) in [6, 6.07) is 18.0. The molecule has 29 heavy (non-hydrogen) atoms. The normalized spacial score (nSPS) is 14.8. The SMILES string of the molecule is CCCCn1nc(C2CCNCC2)cc1-c1ccc(Oc2ccc(Cl)cc2)cc1. The largest absolute Gasteiger partial charge is 0.457 e. The molecule has 1 saturated heterocycles. The fourth-order valence-corrected chi connectivity index (χ4v) is 3.92. The van der Waals surface area contributed by atoms with E-state index in [0.717, 1.165) is 56.8 Å². The molecule has 4 nitrogen and oxygen atoms in total. The third kappa shape index (κ3) is 5.01. The van der Waals surface area contributed by atoms with Gasteiger partial charge in [-0.05, 0) is 86.9 Å². The molecule has 0 radical (unpaired) electrons. The number of benzene rings is 2. The van der Waals surface area contributed by atoms with Crippen molar-refractivity contribution in [1.82, 2.24) is 15.1 Å². The number of ether oxygens (including phenoxy) is 1. The van der Waals surface area contributed by atoms with Crippen LogP contribution in [0.5, 0.6) is 11.5 Å². The lowest BCUT2D eigenvalue weighted by Gasteiger charge is -2.20. The van der Waals surface area contributed by atoms with Crippen LogP contribution >= 0.6 is 11.6 Å². The number of unbranched alkanes of at least 4 members (excludes halogenated alkanes) is 1. The second-order valence-electron chi connectivity index (χ2n) is 7.64. The molecule has 4 rings (SSSR count). The topological polar surface area (TPSA) is 39.1 Å². The number of aromatic nitrogens is 2. The van der Waals surface area contributed by atoms with Gasteiger partial charge in [-0.1, -0.05) is 24.9 Å². The maximum Gasteiger partial charge on any atom is 0.127 e. The summed E-state index contributed by atoms with van der Waals surface area (Å²) in [7, 11) is 0. The average molecular weight is 410 g/mol. The minimum absolute atomic E-state index is 0.561. The van der Waals surface area contributed by atoms with E-state index < -0.39 is 0 Å². The van der Waals surface area contributed by atoms with Crippen molar-refractivity contribution in [3.05, 3.63) is 65.3 Å². The van der Waals surface area contributed by atoms with Gasteiger partial charge in [0.2, 0.25) is 0 Å². The number of halogens is 1. The monoisotopic (exact) mass is 409 g/mol. The Morgan fingerprint density at radius 1 is 1.03 bits per heavy atom. The summed E-state index contributed by atoms with van der Waals surface area (Å²) >= 11 is 5.94. The van der Waals surface area contributed by atoms with Crippen molar-refractivity contribution in [2.75, 3.05) is 13.1 Å². The number of piperidine rings is 1. The quantitative estimate of drug-likeness (QED) is 0.500. The van der Waals surface area contributed by atoms with Gasteiger partial charge in [0.25, 0.3) is 0 Å². The van der Waals surface area contributed by atoms with Gasteiger partial charge in [0.1, 0.15) is 11.5 Å². The predicted octanol–water partition coefficient (Wildman–Crippen LogP) is 6.26. The number of rotatable bonds is 7. The Balaban J connectivity index is 1.55. The standard InChI is InChI=1S/C24H28ClN3O/c1-2-3-16-28-24(17-23(27-28)18-12-14-26-15-13-18)19-4-8-21(9-5-19)29-22-10-6-20(25)7-11-22/h4-11,17-18,26H,2-3,12-16H2,1H3. The van der Waals surface area contributed by atoms with Gasteiger partial charge in [-0.3, -0.25) is 4.68 Å². The fraction of sp³-hybridized carbons (Fsp3) is 0.375. The number of nitrogens with one attached hydrogen (secondary N) is 1. The van der Waals surface area contributed by atoms with Gasteiger partial charge in [0.05, 0.1) is 11.4 Å². The molecule has 1 aromatic heterocycles.